The predicted octanol–water partition coefficient (Wildman–Crippen LogP) is 11.5. The molecule has 0 aliphatic carbocycles. The van der Waals surface area contributed by atoms with E-state index in [1.54, 1.807) is 19.9 Å². The smallest absolute Gasteiger partial charge is 0.330 e. The van der Waals surface area contributed by atoms with Crippen LogP contribution in [0.25, 0.3) is 15.3 Å². The van der Waals surface area contributed by atoms with Gasteiger partial charge in [0.15, 0.2) is 5.82 Å². The molecule has 15 heteroatoms. The van der Waals surface area contributed by atoms with Gasteiger partial charge in [-0.1, -0.05) is 74.1 Å². The molecule has 4 aromatic carbocycles. The molecule has 0 aliphatic rings. The molecule has 0 saturated carbocycles. The van der Waals surface area contributed by atoms with Crippen molar-refractivity contribution in [1.29, 1.82) is 5.26 Å². The third-order valence-corrected chi connectivity index (χ3v) is 12.8. The molecule has 2 heterocycles. The van der Waals surface area contributed by atoms with Gasteiger partial charge >= 0.3 is 5.97 Å². The fourth-order valence-electron chi connectivity index (χ4n) is 7.39. The van der Waals surface area contributed by atoms with Gasteiger partial charge in [0.1, 0.15) is 23.9 Å². The molecule has 0 unspecified atom stereocenters. The summed E-state index contributed by atoms with van der Waals surface area (Å²) in [4.78, 5) is 16.5. The van der Waals surface area contributed by atoms with Crippen LogP contribution in [0.2, 0.25) is 0 Å². The first-order chi connectivity index (χ1) is 29.0. The van der Waals surface area contributed by atoms with Crippen molar-refractivity contribution in [2.24, 2.45) is 10.2 Å². The summed E-state index contributed by atoms with van der Waals surface area (Å²) in [6.07, 6.45) is 1.02. The van der Waals surface area contributed by atoms with Gasteiger partial charge in [-0.3, -0.25) is 0 Å². The predicted molar refractivity (Wildman–Crippen MR) is 249 cm³/mol. The highest BCUT2D eigenvalue weighted by molar-refractivity contribution is 7.89. The molecule has 3 N–H and O–H groups in total. The second-order valence-electron chi connectivity index (χ2n) is 17.4. The maximum Gasteiger partial charge on any atom is 0.330 e. The van der Waals surface area contributed by atoms with Crippen molar-refractivity contribution in [2.45, 2.75) is 98.9 Å². The van der Waals surface area contributed by atoms with Gasteiger partial charge in [0.2, 0.25) is 15.2 Å². The van der Waals surface area contributed by atoms with Crippen molar-refractivity contribution >= 4 is 71.8 Å². The quantitative estimate of drug-likeness (QED) is 0.0579. The van der Waals surface area contributed by atoms with Gasteiger partial charge in [-0.2, -0.15) is 15.0 Å². The monoisotopic (exact) mass is 871 g/mol. The van der Waals surface area contributed by atoms with Gasteiger partial charge < -0.3 is 15.4 Å². The highest BCUT2D eigenvalue weighted by Crippen LogP contribution is 2.41. The molecule has 0 spiro atoms. The van der Waals surface area contributed by atoms with E-state index in [1.807, 2.05) is 39.8 Å². The third-order valence-electron chi connectivity index (χ3n) is 10.1. The van der Waals surface area contributed by atoms with Crippen LogP contribution in [0.4, 0.5) is 34.3 Å². The van der Waals surface area contributed by atoms with Crippen LogP contribution in [0.1, 0.15) is 84.8 Å². The van der Waals surface area contributed by atoms with Crippen molar-refractivity contribution in [3.05, 3.63) is 117 Å². The van der Waals surface area contributed by atoms with E-state index in [9.17, 15) is 18.5 Å². The Kier molecular flexibility index (Phi) is 12.6. The number of esters is 1. The van der Waals surface area contributed by atoms with Crippen LogP contribution in [0.3, 0.4) is 0 Å². The summed E-state index contributed by atoms with van der Waals surface area (Å²) in [6, 6.07) is 19.6. The number of hydrogen-bond acceptors (Lipinski definition) is 12. The summed E-state index contributed by atoms with van der Waals surface area (Å²) in [5, 5.41) is 32.9. The zero-order valence-electron chi connectivity index (χ0n) is 37.3. The molecule has 0 aliphatic heterocycles. The molecular weight excluding hydrogens is 819 g/mol. The van der Waals surface area contributed by atoms with E-state index in [4.69, 9.17) is 25.0 Å². The molecule has 62 heavy (non-hydrogen) atoms. The number of fused-ring (bicyclic) bond motifs is 1. The third kappa shape index (κ3) is 9.78. The van der Waals surface area contributed by atoms with Crippen molar-refractivity contribution in [1.82, 2.24) is 19.5 Å². The number of sulfonamides is 1. The average Bonchev–Trinajstić information content (AvgIpc) is 3.77. The molecule has 0 fully saturated rings. The zero-order chi connectivity index (χ0) is 45.5. The summed E-state index contributed by atoms with van der Waals surface area (Å²) in [7, 11) is -4.06. The van der Waals surface area contributed by atoms with Crippen LogP contribution >= 0.6 is 11.3 Å². The second-order valence-corrected chi connectivity index (χ2v) is 20.1. The Morgan fingerprint density at radius 2 is 1.47 bits per heavy atom. The Morgan fingerprint density at radius 3 is 2.03 bits per heavy atom. The van der Waals surface area contributed by atoms with E-state index in [1.165, 1.54) is 33.7 Å². The van der Waals surface area contributed by atoms with E-state index >= 15 is 0 Å². The molecule has 0 radical (unpaired) electrons. The van der Waals surface area contributed by atoms with E-state index in [0.29, 0.717) is 32.4 Å². The minimum absolute atomic E-state index is 0.00279. The highest BCUT2D eigenvalue weighted by atomic mass is 32.2. The largest absolute Gasteiger partial charge is 0.461 e. The van der Waals surface area contributed by atoms with Gasteiger partial charge in [0.05, 0.1) is 32.0 Å². The summed E-state index contributed by atoms with van der Waals surface area (Å²) in [6.45, 7) is 26.8. The lowest BCUT2D eigenvalue weighted by molar-refractivity contribution is -0.139. The van der Waals surface area contributed by atoms with Crippen LogP contribution in [0, 0.1) is 59.8 Å². The number of rotatable bonds is 13. The minimum Gasteiger partial charge on any atom is -0.461 e. The number of azo groups is 1. The van der Waals surface area contributed by atoms with E-state index in [0.717, 1.165) is 56.5 Å². The lowest BCUT2D eigenvalue weighted by Gasteiger charge is -2.25. The standard InChI is InChI=1S/C47H53N9O4S2/c1-14-39(57)60-25-47(12,13)55-62(58,59)34-15-16-36-38(23-34)61-45(51-36)56-44(35(24-48)43(54-56)46(9,10)11)53-52-42-32(8)21-33(49-40-28(4)17-26(2)18-29(40)5)22-37(42)50-41-30(6)19-27(3)20-31(41)7/h14-23,49-50,55H,1,25H2,2-13H3. The molecule has 13 nitrogen and oxygen atoms in total. The Labute approximate surface area is 368 Å². The topological polar surface area (TPSA) is 176 Å². The van der Waals surface area contributed by atoms with Crippen molar-refractivity contribution in [3.8, 4) is 11.2 Å². The number of ether oxygens (including phenoxy) is 1. The molecule has 0 bridgehead atoms. The van der Waals surface area contributed by atoms with Gasteiger partial charge in [0.25, 0.3) is 0 Å². The average molecular weight is 872 g/mol. The van der Waals surface area contributed by atoms with Gasteiger partial charge in [-0.15, -0.1) is 10.2 Å². The van der Waals surface area contributed by atoms with Gasteiger partial charge in [0, 0.05) is 28.6 Å². The normalized spacial score (nSPS) is 12.2. The first-order valence-electron chi connectivity index (χ1n) is 20.0. The SMILES string of the molecule is C=CC(=O)OCC(C)(C)NS(=O)(=O)c1ccc2nc(-n3nc(C(C)(C)C)c(C#N)c3N=Nc3c(C)cc(Nc4c(C)cc(C)cc4C)cc3Nc3c(C)cc(C)cc3C)sc2c1. The number of nitriles is 1. The van der Waals surface area contributed by atoms with Gasteiger partial charge in [-0.25, -0.2) is 22.9 Å². The lowest BCUT2D eigenvalue weighted by Crippen LogP contribution is -2.47. The van der Waals surface area contributed by atoms with Crippen molar-refractivity contribution in [2.75, 3.05) is 17.2 Å². The summed E-state index contributed by atoms with van der Waals surface area (Å²) < 4.78 is 36.9. The van der Waals surface area contributed by atoms with Crippen molar-refractivity contribution in [3.63, 3.8) is 0 Å². The maximum absolute atomic E-state index is 13.6. The van der Waals surface area contributed by atoms with Crippen LogP contribution < -0.4 is 15.4 Å². The number of aryl methyl sites for hydroxylation is 7. The number of benzene rings is 4. The number of hydrogen-bond donors (Lipinski definition) is 3. The van der Waals surface area contributed by atoms with E-state index < -0.39 is 26.9 Å². The van der Waals surface area contributed by atoms with Crippen LogP contribution in [-0.2, 0) is 25.0 Å². The van der Waals surface area contributed by atoms with Crippen LogP contribution in [-0.4, -0.2) is 41.3 Å². The molecule has 0 amide bonds. The molecule has 0 saturated heterocycles. The Hall–Kier alpha value is -6.21. The number of aromatic nitrogens is 3. The summed E-state index contributed by atoms with van der Waals surface area (Å²) >= 11 is 1.20. The molecule has 0 atom stereocenters. The fourth-order valence-corrected chi connectivity index (χ4v) is 9.84. The Morgan fingerprint density at radius 1 is 0.871 bits per heavy atom. The van der Waals surface area contributed by atoms with Crippen LogP contribution in [0.15, 0.2) is 82.4 Å². The number of thiazole rings is 1. The Balaban J connectivity index is 1.46. The molecule has 6 aromatic rings. The minimum atomic E-state index is -4.06. The number of carbonyl (C=O) groups excluding carboxylic acids is 1. The van der Waals surface area contributed by atoms with Gasteiger partial charge in [-0.05, 0) is 120 Å². The summed E-state index contributed by atoms with van der Waals surface area (Å²) in [5.74, 6) is -0.473. The van der Waals surface area contributed by atoms with E-state index in [2.05, 4.69) is 93.8 Å². The number of nitrogens with zero attached hydrogens (tertiary/aromatic N) is 6. The maximum atomic E-state index is 13.6. The molecule has 6 rings (SSSR count). The lowest BCUT2D eigenvalue weighted by atomic mass is 9.90. The second kappa shape index (κ2) is 17.3. The first-order valence-corrected chi connectivity index (χ1v) is 22.3. The fraction of sp³-hybridized carbons (Fsp3) is 0.319. The molecular formula is C47H53N9O4S2. The first kappa shape index (κ1) is 45.3. The van der Waals surface area contributed by atoms with E-state index in [-0.39, 0.29) is 22.9 Å². The highest BCUT2D eigenvalue weighted by Gasteiger charge is 2.31. The number of anilines is 4. The molecule has 322 valence electrons. The number of nitrogens with one attached hydrogen (secondary N) is 3. The zero-order valence-corrected chi connectivity index (χ0v) is 39.0. The molecule has 2 aromatic heterocycles. The summed E-state index contributed by atoms with van der Waals surface area (Å²) in [5.41, 5.74) is 11.3. The van der Waals surface area contributed by atoms with Crippen molar-refractivity contribution < 1.29 is 17.9 Å². The van der Waals surface area contributed by atoms with Crippen LogP contribution in [0.5, 0.6) is 0 Å². The number of carbonyl (C=O) groups is 1. The Bertz CT molecular complexity index is 2900.